The predicted octanol–water partition coefficient (Wildman–Crippen LogP) is 4.30. The first-order valence-electron chi connectivity index (χ1n) is 8.43. The number of aromatic nitrogens is 1. The monoisotopic (exact) mass is 349 g/mol. The van der Waals surface area contributed by atoms with E-state index in [2.05, 4.69) is 4.98 Å². The third-order valence-corrected chi connectivity index (χ3v) is 4.04. The van der Waals surface area contributed by atoms with E-state index in [0.717, 1.165) is 34.9 Å². The van der Waals surface area contributed by atoms with Crippen LogP contribution >= 0.6 is 0 Å². The van der Waals surface area contributed by atoms with Crippen LogP contribution in [-0.4, -0.2) is 31.4 Å². The zero-order valence-electron chi connectivity index (χ0n) is 14.4. The molecule has 1 saturated heterocycles. The van der Waals surface area contributed by atoms with Gasteiger partial charge in [-0.2, -0.15) is 0 Å². The Kier molecular flexibility index (Phi) is 4.71. The summed E-state index contributed by atoms with van der Waals surface area (Å²) in [5.74, 6) is 2.20. The van der Waals surface area contributed by atoms with Crippen molar-refractivity contribution in [3.8, 4) is 23.0 Å². The molecule has 26 heavy (non-hydrogen) atoms. The Hall–Kier alpha value is -3.05. The summed E-state index contributed by atoms with van der Waals surface area (Å²) in [5, 5.41) is 0. The molecule has 0 radical (unpaired) electrons. The van der Waals surface area contributed by atoms with E-state index in [4.69, 9.17) is 18.6 Å². The van der Waals surface area contributed by atoms with Crippen molar-refractivity contribution in [3.63, 3.8) is 0 Å². The minimum absolute atomic E-state index is 0.231. The molecule has 5 heteroatoms. The molecule has 1 aromatic heterocycles. The molecule has 1 aliphatic rings. The quantitative estimate of drug-likeness (QED) is 0.595. The fourth-order valence-electron chi connectivity index (χ4n) is 2.50. The van der Waals surface area contributed by atoms with Crippen molar-refractivity contribution < 1.29 is 18.6 Å². The van der Waals surface area contributed by atoms with E-state index in [9.17, 15) is 0 Å². The van der Waals surface area contributed by atoms with Gasteiger partial charge in [0.1, 0.15) is 36.2 Å². The number of methoxy groups -OCH3 is 1. The molecule has 0 saturated carbocycles. The van der Waals surface area contributed by atoms with Crippen LogP contribution in [0.1, 0.15) is 11.3 Å². The molecule has 3 aromatic rings. The van der Waals surface area contributed by atoms with Gasteiger partial charge in [0.05, 0.1) is 13.7 Å². The molecule has 0 aliphatic carbocycles. The van der Waals surface area contributed by atoms with Crippen LogP contribution in [0.3, 0.4) is 0 Å². The van der Waals surface area contributed by atoms with E-state index in [-0.39, 0.29) is 6.10 Å². The molecular weight excluding hydrogens is 330 g/mol. The van der Waals surface area contributed by atoms with E-state index >= 15 is 0 Å². The van der Waals surface area contributed by atoms with Crippen LogP contribution < -0.4 is 9.47 Å². The number of hydrogen-bond donors (Lipinski definition) is 0. The second kappa shape index (κ2) is 7.45. The Labute approximate surface area is 151 Å². The van der Waals surface area contributed by atoms with Crippen molar-refractivity contribution in [3.05, 3.63) is 66.1 Å². The zero-order chi connectivity index (χ0) is 17.8. The topological polar surface area (TPSA) is 57.0 Å². The fraction of sp³-hybridized carbons (Fsp3) is 0.190. The highest BCUT2D eigenvalue weighted by atomic mass is 16.6. The molecule has 2 heterocycles. The van der Waals surface area contributed by atoms with E-state index < -0.39 is 0 Å². The lowest BCUT2D eigenvalue weighted by molar-refractivity contribution is 0.262. The summed E-state index contributed by atoms with van der Waals surface area (Å²) in [5.41, 5.74) is 2.64. The number of epoxide rings is 1. The smallest absolute Gasteiger partial charge is 0.226 e. The lowest BCUT2D eigenvalue weighted by atomic mass is 10.2. The Morgan fingerprint density at radius 2 is 1.92 bits per heavy atom. The first-order chi connectivity index (χ1) is 12.8. The first kappa shape index (κ1) is 16.4. The van der Waals surface area contributed by atoms with Crippen LogP contribution in [0.2, 0.25) is 0 Å². The van der Waals surface area contributed by atoms with Crippen LogP contribution in [0.5, 0.6) is 11.5 Å². The van der Waals surface area contributed by atoms with Crippen LogP contribution in [0, 0.1) is 0 Å². The van der Waals surface area contributed by atoms with Crippen molar-refractivity contribution in [2.75, 3.05) is 20.3 Å². The Bertz CT molecular complexity index is 894. The highest BCUT2D eigenvalue weighted by molar-refractivity contribution is 5.71. The Morgan fingerprint density at radius 1 is 1.12 bits per heavy atom. The Morgan fingerprint density at radius 3 is 2.69 bits per heavy atom. The number of rotatable bonds is 7. The van der Waals surface area contributed by atoms with Gasteiger partial charge in [0.25, 0.3) is 0 Å². The van der Waals surface area contributed by atoms with Crippen molar-refractivity contribution >= 4 is 12.2 Å². The summed E-state index contributed by atoms with van der Waals surface area (Å²) >= 11 is 0. The molecule has 2 aromatic carbocycles. The molecule has 0 spiro atoms. The second-order valence-corrected chi connectivity index (χ2v) is 5.94. The predicted molar refractivity (Wildman–Crippen MR) is 99.1 cm³/mol. The molecule has 132 valence electrons. The number of para-hydroxylation sites is 1. The van der Waals surface area contributed by atoms with Gasteiger partial charge in [0.2, 0.25) is 5.89 Å². The molecule has 1 fully saturated rings. The summed E-state index contributed by atoms with van der Waals surface area (Å²) in [4.78, 5) is 4.51. The molecule has 0 amide bonds. The highest BCUT2D eigenvalue weighted by Crippen LogP contribution is 2.24. The number of ether oxygens (including phenoxy) is 3. The summed E-state index contributed by atoms with van der Waals surface area (Å²) in [7, 11) is 1.64. The van der Waals surface area contributed by atoms with Gasteiger partial charge >= 0.3 is 0 Å². The van der Waals surface area contributed by atoms with Crippen molar-refractivity contribution in [2.45, 2.75) is 6.10 Å². The molecule has 1 aliphatic heterocycles. The van der Waals surface area contributed by atoms with Gasteiger partial charge in [0.15, 0.2) is 0 Å². The van der Waals surface area contributed by atoms with Gasteiger partial charge < -0.3 is 18.6 Å². The third-order valence-electron chi connectivity index (χ3n) is 4.04. The molecular formula is C21H19NO4. The average molecular weight is 349 g/mol. The maximum Gasteiger partial charge on any atom is 0.226 e. The number of oxazole rings is 1. The van der Waals surface area contributed by atoms with Crippen LogP contribution in [0.25, 0.3) is 23.6 Å². The standard InChI is InChI=1S/C21H19NO4/c1-23-18-10-7-16(8-11-18)21-22-17(12-26-21)9-6-15-4-2-3-5-20(15)25-14-19-13-24-19/h2-12,19H,13-14H2,1H3/b9-6+. The molecule has 4 rings (SSSR count). The van der Waals surface area contributed by atoms with Crippen LogP contribution in [-0.2, 0) is 4.74 Å². The number of nitrogens with zero attached hydrogens (tertiary/aromatic N) is 1. The van der Waals surface area contributed by atoms with Gasteiger partial charge in [-0.1, -0.05) is 18.2 Å². The molecule has 1 atom stereocenters. The van der Waals surface area contributed by atoms with Crippen molar-refractivity contribution in [1.29, 1.82) is 0 Å². The third kappa shape index (κ3) is 3.95. The number of benzene rings is 2. The Balaban J connectivity index is 1.48. The van der Waals surface area contributed by atoms with Gasteiger partial charge in [-0.05, 0) is 42.5 Å². The first-order valence-corrected chi connectivity index (χ1v) is 8.43. The summed E-state index contributed by atoms with van der Waals surface area (Å²) < 4.78 is 21.7. The minimum atomic E-state index is 0.231. The second-order valence-electron chi connectivity index (χ2n) is 5.94. The SMILES string of the molecule is COc1ccc(-c2nc(/C=C/c3ccccc3OCC3CO3)co2)cc1. The molecule has 0 N–H and O–H groups in total. The maximum atomic E-state index is 5.81. The van der Waals surface area contributed by atoms with E-state index in [1.54, 1.807) is 13.4 Å². The van der Waals surface area contributed by atoms with Gasteiger partial charge in [-0.15, -0.1) is 0 Å². The van der Waals surface area contributed by atoms with E-state index in [1.807, 2.05) is 60.7 Å². The van der Waals surface area contributed by atoms with Gasteiger partial charge in [-0.3, -0.25) is 0 Å². The zero-order valence-corrected chi connectivity index (χ0v) is 14.4. The van der Waals surface area contributed by atoms with Gasteiger partial charge in [-0.25, -0.2) is 4.98 Å². The lowest BCUT2D eigenvalue weighted by Gasteiger charge is -2.07. The highest BCUT2D eigenvalue weighted by Gasteiger charge is 2.23. The normalized spacial score (nSPS) is 16.0. The molecule has 5 nitrogen and oxygen atoms in total. The van der Waals surface area contributed by atoms with Crippen LogP contribution in [0.4, 0.5) is 0 Å². The van der Waals surface area contributed by atoms with E-state index in [0.29, 0.717) is 12.5 Å². The fourth-order valence-corrected chi connectivity index (χ4v) is 2.50. The van der Waals surface area contributed by atoms with Crippen LogP contribution in [0.15, 0.2) is 59.2 Å². The summed E-state index contributed by atoms with van der Waals surface area (Å²) in [6, 6.07) is 15.5. The molecule has 1 unspecified atom stereocenters. The lowest BCUT2D eigenvalue weighted by Crippen LogP contribution is -2.04. The minimum Gasteiger partial charge on any atom is -0.497 e. The van der Waals surface area contributed by atoms with Crippen molar-refractivity contribution in [1.82, 2.24) is 4.98 Å². The van der Waals surface area contributed by atoms with Crippen molar-refractivity contribution in [2.24, 2.45) is 0 Å². The summed E-state index contributed by atoms with van der Waals surface area (Å²) in [6.07, 6.45) is 5.75. The van der Waals surface area contributed by atoms with Gasteiger partial charge in [0, 0.05) is 11.1 Å². The average Bonchev–Trinajstić information content (AvgIpc) is 3.41. The summed E-state index contributed by atoms with van der Waals surface area (Å²) in [6.45, 7) is 1.36. The number of hydrogen-bond acceptors (Lipinski definition) is 5. The molecule has 0 bridgehead atoms. The van der Waals surface area contributed by atoms with E-state index in [1.165, 1.54) is 0 Å². The maximum absolute atomic E-state index is 5.81. The largest absolute Gasteiger partial charge is 0.497 e.